The van der Waals surface area contributed by atoms with Gasteiger partial charge in [-0.25, -0.2) is 18.7 Å². The first-order valence-electron chi connectivity index (χ1n) is 12.4. The van der Waals surface area contributed by atoms with Gasteiger partial charge >= 0.3 is 0 Å². The van der Waals surface area contributed by atoms with Gasteiger partial charge in [-0.15, -0.1) is 11.3 Å². The molecule has 11 heteroatoms. The van der Waals surface area contributed by atoms with E-state index in [4.69, 9.17) is 0 Å². The molecule has 0 spiro atoms. The van der Waals surface area contributed by atoms with Crippen molar-refractivity contribution in [3.8, 4) is 10.4 Å². The molecular weight excluding hydrogens is 488 g/mol. The van der Waals surface area contributed by atoms with Gasteiger partial charge in [0.05, 0.1) is 23.6 Å². The van der Waals surface area contributed by atoms with E-state index in [0.717, 1.165) is 34.6 Å². The van der Waals surface area contributed by atoms with Gasteiger partial charge in [0, 0.05) is 30.3 Å². The molecule has 3 N–H and O–H groups in total. The van der Waals surface area contributed by atoms with Crippen molar-refractivity contribution < 1.29 is 23.5 Å². The average molecular weight is 522 g/mol. The highest BCUT2D eigenvalue weighted by Crippen LogP contribution is 2.37. The van der Waals surface area contributed by atoms with E-state index in [1.165, 1.54) is 0 Å². The molecule has 8 nitrogen and oxygen atoms in total. The Hall–Kier alpha value is -2.66. The Morgan fingerprint density at radius 3 is 2.69 bits per heavy atom. The molecule has 2 aliphatic rings. The lowest BCUT2D eigenvalue weighted by molar-refractivity contribution is 0.0118. The molecule has 0 bridgehead atoms. The van der Waals surface area contributed by atoms with Crippen LogP contribution in [0.1, 0.15) is 78.7 Å². The SMILES string of the molecule is CC[C@@H](C)Nc1cc(C)c(-c2sc(C(=O)N[C@@H]3CCC[C@H]3O)nc2C(=O)N2CC(F)(F)C[C@@H]2C)cn1. The topological polar surface area (TPSA) is 107 Å². The van der Waals surface area contributed by atoms with Gasteiger partial charge in [-0.2, -0.15) is 0 Å². The van der Waals surface area contributed by atoms with Crippen LogP contribution in [0.4, 0.5) is 14.6 Å². The minimum absolute atomic E-state index is 0.0331. The number of aliphatic hydroxyl groups is 1. The zero-order valence-corrected chi connectivity index (χ0v) is 21.8. The summed E-state index contributed by atoms with van der Waals surface area (Å²) >= 11 is 1.03. The molecule has 2 amide bonds. The number of aryl methyl sites for hydroxylation is 1. The molecule has 196 valence electrons. The minimum atomic E-state index is -2.97. The quantitative estimate of drug-likeness (QED) is 0.503. The lowest BCUT2D eigenvalue weighted by Crippen LogP contribution is -2.40. The summed E-state index contributed by atoms with van der Waals surface area (Å²) in [6.07, 6.45) is 3.58. The Morgan fingerprint density at radius 1 is 1.36 bits per heavy atom. The summed E-state index contributed by atoms with van der Waals surface area (Å²) in [7, 11) is 0. The van der Waals surface area contributed by atoms with E-state index in [2.05, 4.69) is 27.5 Å². The van der Waals surface area contributed by atoms with Crippen LogP contribution in [0.3, 0.4) is 0 Å². The van der Waals surface area contributed by atoms with Gasteiger partial charge in [0.15, 0.2) is 5.01 Å². The maximum atomic E-state index is 14.1. The number of aromatic nitrogens is 2. The highest BCUT2D eigenvalue weighted by atomic mass is 32.1. The summed E-state index contributed by atoms with van der Waals surface area (Å²) in [4.78, 5) is 36.8. The average Bonchev–Trinajstić information content (AvgIpc) is 3.50. The molecule has 2 aromatic heterocycles. The first-order chi connectivity index (χ1) is 17.0. The molecule has 4 rings (SSSR count). The molecule has 0 unspecified atom stereocenters. The van der Waals surface area contributed by atoms with Gasteiger partial charge in [0.1, 0.15) is 11.5 Å². The lowest BCUT2D eigenvalue weighted by atomic mass is 10.1. The summed E-state index contributed by atoms with van der Waals surface area (Å²) in [5.41, 5.74) is 1.39. The van der Waals surface area contributed by atoms with Crippen LogP contribution in [-0.2, 0) is 0 Å². The highest BCUT2D eigenvalue weighted by Gasteiger charge is 2.46. The second kappa shape index (κ2) is 10.4. The largest absolute Gasteiger partial charge is 0.391 e. The van der Waals surface area contributed by atoms with Crippen molar-refractivity contribution in [3.05, 3.63) is 28.5 Å². The number of carbonyl (C=O) groups is 2. The lowest BCUT2D eigenvalue weighted by Gasteiger charge is -2.20. The van der Waals surface area contributed by atoms with Gasteiger partial charge in [0.2, 0.25) is 0 Å². The van der Waals surface area contributed by atoms with Crippen molar-refractivity contribution in [2.75, 3.05) is 11.9 Å². The Labute approximate surface area is 213 Å². The predicted octanol–water partition coefficient (Wildman–Crippen LogP) is 4.24. The van der Waals surface area contributed by atoms with Crippen LogP contribution in [-0.4, -0.2) is 68.5 Å². The van der Waals surface area contributed by atoms with Gasteiger partial charge in [0.25, 0.3) is 17.7 Å². The molecule has 3 heterocycles. The van der Waals surface area contributed by atoms with E-state index >= 15 is 0 Å². The van der Waals surface area contributed by atoms with Crippen LogP contribution in [0.15, 0.2) is 12.3 Å². The smallest absolute Gasteiger partial charge is 0.280 e. The number of thiazole rings is 1. The molecule has 0 aromatic carbocycles. The van der Waals surface area contributed by atoms with E-state index in [1.54, 1.807) is 13.1 Å². The zero-order chi connectivity index (χ0) is 26.2. The standard InChI is InChI=1S/C25H33F2N5O3S/c1-5-14(3)29-19-9-13(2)16(11-28-19)21-20(24(35)32-12-25(26,27)10-15(32)4)31-23(36-21)22(34)30-17-7-6-8-18(17)33/h9,11,14-15,17-18,33H,5-8,10,12H2,1-4H3,(H,28,29)(H,30,34)/t14-,15+,17-,18-/m1/s1. The first-order valence-corrected chi connectivity index (χ1v) is 13.2. The van der Waals surface area contributed by atoms with Crippen molar-refractivity contribution in [3.63, 3.8) is 0 Å². The number of halogens is 2. The fraction of sp³-hybridized carbons (Fsp3) is 0.600. The number of hydrogen-bond donors (Lipinski definition) is 3. The third-order valence-electron chi connectivity index (χ3n) is 6.97. The summed E-state index contributed by atoms with van der Waals surface area (Å²) in [6, 6.07) is 1.05. The monoisotopic (exact) mass is 521 g/mol. The molecule has 4 atom stereocenters. The number of amides is 2. The van der Waals surface area contributed by atoms with Crippen molar-refractivity contribution in [2.24, 2.45) is 0 Å². The number of nitrogens with one attached hydrogen (secondary N) is 2. The number of carbonyl (C=O) groups excluding carboxylic acids is 2. The van der Waals surface area contributed by atoms with E-state index in [-0.39, 0.29) is 22.8 Å². The summed E-state index contributed by atoms with van der Waals surface area (Å²) in [5.74, 6) is -3.41. The molecule has 1 saturated heterocycles. The number of pyridine rings is 1. The van der Waals surface area contributed by atoms with E-state index in [1.807, 2.05) is 19.9 Å². The summed E-state index contributed by atoms with van der Waals surface area (Å²) in [5, 5.41) is 16.3. The molecular formula is C25H33F2N5O3S. The minimum Gasteiger partial charge on any atom is -0.391 e. The van der Waals surface area contributed by atoms with Gasteiger partial charge in [-0.3, -0.25) is 9.59 Å². The zero-order valence-electron chi connectivity index (χ0n) is 21.0. The third-order valence-corrected chi connectivity index (χ3v) is 8.06. The van der Waals surface area contributed by atoms with E-state index in [9.17, 15) is 23.5 Å². The molecule has 1 aliphatic heterocycles. The Bertz CT molecular complexity index is 1140. The molecule has 2 aromatic rings. The molecule has 2 fully saturated rings. The second-order valence-corrected chi connectivity index (χ2v) is 11.0. The second-order valence-electron chi connectivity index (χ2n) is 9.96. The van der Waals surface area contributed by atoms with Crippen LogP contribution in [0.25, 0.3) is 10.4 Å². The van der Waals surface area contributed by atoms with Gasteiger partial charge in [-0.05, 0) is 58.1 Å². The van der Waals surface area contributed by atoms with Crippen LogP contribution >= 0.6 is 11.3 Å². The van der Waals surface area contributed by atoms with E-state index in [0.29, 0.717) is 29.1 Å². The Kier molecular flexibility index (Phi) is 7.61. The van der Waals surface area contributed by atoms with Crippen LogP contribution in [0.2, 0.25) is 0 Å². The Balaban J connectivity index is 1.70. The number of hydrogen-bond acceptors (Lipinski definition) is 7. The normalized spacial score (nSPS) is 24.1. The first kappa shape index (κ1) is 26.4. The molecule has 0 radical (unpaired) electrons. The third kappa shape index (κ3) is 5.51. The number of anilines is 1. The summed E-state index contributed by atoms with van der Waals surface area (Å²) in [6.45, 7) is 6.88. The molecule has 36 heavy (non-hydrogen) atoms. The number of likely N-dealkylation sites (tertiary alicyclic amines) is 1. The fourth-order valence-electron chi connectivity index (χ4n) is 4.73. The maximum Gasteiger partial charge on any atom is 0.280 e. The van der Waals surface area contributed by atoms with Crippen LogP contribution in [0, 0.1) is 6.92 Å². The van der Waals surface area contributed by atoms with Crippen LogP contribution in [0.5, 0.6) is 0 Å². The number of nitrogens with zero attached hydrogens (tertiary/aromatic N) is 3. The summed E-state index contributed by atoms with van der Waals surface area (Å²) < 4.78 is 28.1. The maximum absolute atomic E-state index is 14.1. The molecule has 1 aliphatic carbocycles. The highest BCUT2D eigenvalue weighted by molar-refractivity contribution is 7.17. The number of alkyl halides is 2. The van der Waals surface area contributed by atoms with Gasteiger partial charge in [-0.1, -0.05) is 6.92 Å². The number of rotatable bonds is 7. The van der Waals surface area contributed by atoms with Crippen LogP contribution < -0.4 is 10.6 Å². The van der Waals surface area contributed by atoms with Crippen molar-refractivity contribution in [1.29, 1.82) is 0 Å². The van der Waals surface area contributed by atoms with Crippen molar-refractivity contribution in [1.82, 2.24) is 20.2 Å². The van der Waals surface area contributed by atoms with Crippen molar-refractivity contribution in [2.45, 2.75) is 90.0 Å². The Morgan fingerprint density at radius 2 is 2.11 bits per heavy atom. The molecule has 1 saturated carbocycles. The predicted molar refractivity (Wildman–Crippen MR) is 135 cm³/mol. The number of aliphatic hydroxyl groups excluding tert-OH is 1. The fourth-order valence-corrected chi connectivity index (χ4v) is 5.77. The van der Waals surface area contributed by atoms with Crippen molar-refractivity contribution >= 4 is 29.0 Å². The van der Waals surface area contributed by atoms with E-state index < -0.39 is 42.8 Å². The van der Waals surface area contributed by atoms with Gasteiger partial charge < -0.3 is 20.6 Å².